The van der Waals surface area contributed by atoms with Crippen molar-refractivity contribution in [2.45, 2.75) is 52.6 Å². The van der Waals surface area contributed by atoms with Crippen LogP contribution in [-0.2, 0) is 17.7 Å². The number of nitrogens with zero attached hydrogens (tertiary/aromatic N) is 3. The summed E-state index contributed by atoms with van der Waals surface area (Å²) in [6.45, 7) is 9.67. The lowest BCUT2D eigenvalue weighted by molar-refractivity contribution is 0.0697. The number of hydrogen-bond acceptors (Lipinski definition) is 4. The van der Waals surface area contributed by atoms with Crippen molar-refractivity contribution in [3.8, 4) is 11.1 Å². The quantitative estimate of drug-likeness (QED) is 0.338. The highest BCUT2D eigenvalue weighted by atomic mass is 16.5. The Kier molecular flexibility index (Phi) is 6.12. The lowest BCUT2D eigenvalue weighted by Gasteiger charge is -2.12. The third kappa shape index (κ3) is 4.51. The average molecular weight is 482 g/mol. The van der Waals surface area contributed by atoms with Gasteiger partial charge in [-0.05, 0) is 67.6 Å². The van der Waals surface area contributed by atoms with Gasteiger partial charge < -0.3 is 14.4 Å². The van der Waals surface area contributed by atoms with Gasteiger partial charge in [-0.1, -0.05) is 49.4 Å². The van der Waals surface area contributed by atoms with E-state index in [1.54, 1.807) is 12.1 Å². The van der Waals surface area contributed by atoms with Crippen molar-refractivity contribution in [2.24, 2.45) is 4.99 Å². The van der Waals surface area contributed by atoms with Crippen LogP contribution in [-0.4, -0.2) is 38.7 Å². The first-order valence-corrected chi connectivity index (χ1v) is 12.4. The van der Waals surface area contributed by atoms with Crippen molar-refractivity contribution in [2.75, 3.05) is 6.61 Å². The van der Waals surface area contributed by atoms with E-state index in [9.17, 15) is 9.90 Å². The number of aryl methyl sites for hydroxylation is 2. The van der Waals surface area contributed by atoms with E-state index in [-0.39, 0.29) is 5.54 Å². The molecule has 5 rings (SSSR count). The van der Waals surface area contributed by atoms with E-state index in [1.165, 1.54) is 0 Å². The monoisotopic (exact) mass is 481 g/mol. The van der Waals surface area contributed by atoms with Crippen molar-refractivity contribution in [1.29, 1.82) is 0 Å². The van der Waals surface area contributed by atoms with Crippen molar-refractivity contribution < 1.29 is 14.6 Å². The largest absolute Gasteiger partial charge is 0.478 e. The van der Waals surface area contributed by atoms with Gasteiger partial charge in [0.05, 0.1) is 22.1 Å². The number of rotatable bonds is 7. The molecule has 0 radical (unpaired) electrons. The molecule has 0 bridgehead atoms. The molecule has 4 aromatic rings. The maximum atomic E-state index is 11.7. The van der Waals surface area contributed by atoms with Crippen LogP contribution in [0.4, 0.5) is 0 Å². The Morgan fingerprint density at radius 2 is 1.83 bits per heavy atom. The maximum absolute atomic E-state index is 11.7. The zero-order valence-corrected chi connectivity index (χ0v) is 21.2. The molecule has 3 aromatic carbocycles. The van der Waals surface area contributed by atoms with Crippen LogP contribution in [0.1, 0.15) is 60.1 Å². The number of carboxylic acids is 1. The number of ether oxygens (including phenoxy) is 1. The summed E-state index contributed by atoms with van der Waals surface area (Å²) in [6, 6.07) is 19.5. The molecule has 0 aliphatic carbocycles. The van der Waals surface area contributed by atoms with Crippen LogP contribution in [0.25, 0.3) is 22.2 Å². The number of fused-ring (bicyclic) bond motifs is 1. The van der Waals surface area contributed by atoms with Gasteiger partial charge in [-0.3, -0.25) is 0 Å². The van der Waals surface area contributed by atoms with Crippen molar-refractivity contribution in [1.82, 2.24) is 9.55 Å². The van der Waals surface area contributed by atoms with Gasteiger partial charge in [0, 0.05) is 18.5 Å². The first kappa shape index (κ1) is 23.8. The second-order valence-corrected chi connectivity index (χ2v) is 10.1. The van der Waals surface area contributed by atoms with Crippen molar-refractivity contribution in [3.05, 3.63) is 88.7 Å². The van der Waals surface area contributed by atoms with E-state index in [0.717, 1.165) is 57.5 Å². The lowest BCUT2D eigenvalue weighted by Crippen LogP contribution is -2.17. The number of aliphatic imine (C=N–C) groups is 1. The molecule has 0 saturated carbocycles. The number of hydrogen-bond donors (Lipinski definition) is 1. The lowest BCUT2D eigenvalue weighted by atomic mass is 9.98. The minimum atomic E-state index is -0.922. The maximum Gasteiger partial charge on any atom is 0.336 e. The number of carboxylic acid groups (broad SMARTS) is 1. The molecule has 0 amide bonds. The van der Waals surface area contributed by atoms with Gasteiger partial charge in [0.1, 0.15) is 12.4 Å². The van der Waals surface area contributed by atoms with Gasteiger partial charge in [-0.25, -0.2) is 14.8 Å². The van der Waals surface area contributed by atoms with Crippen LogP contribution in [0.3, 0.4) is 0 Å². The SMILES string of the molecule is CCCc1nc2c(C)cc(C3=NC(C)(C)CO3)cc2n1Cc1ccc(-c2ccccc2C(=O)O)cc1. The number of aromatic nitrogens is 2. The van der Waals surface area contributed by atoms with Crippen molar-refractivity contribution >= 4 is 22.9 Å². The molecule has 1 N–H and O–H groups in total. The Bertz CT molecular complexity index is 1480. The second-order valence-electron chi connectivity index (χ2n) is 10.1. The normalized spacial score (nSPS) is 14.6. The van der Waals surface area contributed by atoms with Gasteiger partial charge in [0.15, 0.2) is 0 Å². The molecule has 0 saturated heterocycles. The van der Waals surface area contributed by atoms with Crippen molar-refractivity contribution in [3.63, 3.8) is 0 Å². The fourth-order valence-corrected chi connectivity index (χ4v) is 4.78. The highest BCUT2D eigenvalue weighted by Crippen LogP contribution is 2.29. The molecule has 6 heteroatoms. The summed E-state index contributed by atoms with van der Waals surface area (Å²) >= 11 is 0. The van der Waals surface area contributed by atoms with E-state index in [1.807, 2.05) is 24.3 Å². The highest BCUT2D eigenvalue weighted by Gasteiger charge is 2.28. The summed E-state index contributed by atoms with van der Waals surface area (Å²) in [5.41, 5.74) is 6.99. The van der Waals surface area contributed by atoms with E-state index >= 15 is 0 Å². The topological polar surface area (TPSA) is 76.7 Å². The summed E-state index contributed by atoms with van der Waals surface area (Å²) in [5.74, 6) is 0.827. The van der Waals surface area contributed by atoms with Gasteiger partial charge in [-0.15, -0.1) is 0 Å². The molecule has 0 spiro atoms. The fraction of sp³-hybridized carbons (Fsp3) is 0.300. The molecule has 2 heterocycles. The number of benzene rings is 3. The summed E-state index contributed by atoms with van der Waals surface area (Å²) in [6.07, 6.45) is 1.89. The number of carbonyl (C=O) groups is 1. The third-order valence-electron chi connectivity index (χ3n) is 6.57. The van der Waals surface area contributed by atoms with E-state index in [2.05, 4.69) is 56.5 Å². The summed E-state index contributed by atoms with van der Waals surface area (Å²) in [7, 11) is 0. The first-order chi connectivity index (χ1) is 17.3. The minimum absolute atomic E-state index is 0.215. The van der Waals surface area contributed by atoms with Crippen LogP contribution in [0.2, 0.25) is 0 Å². The molecule has 36 heavy (non-hydrogen) atoms. The molecule has 6 nitrogen and oxygen atoms in total. The molecule has 0 fully saturated rings. The van der Waals surface area contributed by atoms with Crippen LogP contribution < -0.4 is 0 Å². The van der Waals surface area contributed by atoms with Crippen LogP contribution in [0.5, 0.6) is 0 Å². The average Bonchev–Trinajstić information content (AvgIpc) is 3.39. The van der Waals surface area contributed by atoms with Crippen LogP contribution >= 0.6 is 0 Å². The molecule has 1 aliphatic rings. The first-order valence-electron chi connectivity index (χ1n) is 12.4. The van der Waals surface area contributed by atoms with E-state index in [4.69, 9.17) is 14.7 Å². The molecule has 1 aliphatic heterocycles. The minimum Gasteiger partial charge on any atom is -0.478 e. The summed E-state index contributed by atoms with van der Waals surface area (Å²) in [5, 5.41) is 9.56. The van der Waals surface area contributed by atoms with Gasteiger partial charge in [-0.2, -0.15) is 0 Å². The summed E-state index contributed by atoms with van der Waals surface area (Å²) in [4.78, 5) is 21.4. The molecule has 1 aromatic heterocycles. The molecule has 0 unspecified atom stereocenters. The Morgan fingerprint density at radius 1 is 1.08 bits per heavy atom. The Balaban J connectivity index is 1.53. The predicted octanol–water partition coefficient (Wildman–Crippen LogP) is 6.27. The number of aromatic carboxylic acids is 1. The van der Waals surface area contributed by atoms with Crippen LogP contribution in [0.15, 0.2) is 65.7 Å². The van der Waals surface area contributed by atoms with Gasteiger partial charge in [0.2, 0.25) is 5.90 Å². The molecule has 0 atom stereocenters. The third-order valence-corrected chi connectivity index (χ3v) is 6.57. The molecular weight excluding hydrogens is 450 g/mol. The summed E-state index contributed by atoms with van der Waals surface area (Å²) < 4.78 is 8.22. The standard InChI is InChI=1S/C30H31N3O3/c1-5-8-26-31-27-19(2)15-22(28-32-30(3,4)18-36-28)16-25(27)33(26)17-20-11-13-21(14-12-20)23-9-6-7-10-24(23)29(34)35/h6-7,9-16H,5,8,17-18H2,1-4H3,(H,34,35). The van der Waals surface area contributed by atoms with Gasteiger partial charge >= 0.3 is 5.97 Å². The van der Waals surface area contributed by atoms with E-state index in [0.29, 0.717) is 24.6 Å². The van der Waals surface area contributed by atoms with Gasteiger partial charge in [0.25, 0.3) is 0 Å². The zero-order valence-electron chi connectivity index (χ0n) is 21.2. The Morgan fingerprint density at radius 3 is 2.50 bits per heavy atom. The van der Waals surface area contributed by atoms with E-state index < -0.39 is 5.97 Å². The Hall–Kier alpha value is -3.93. The highest BCUT2D eigenvalue weighted by molar-refractivity contribution is 5.99. The smallest absolute Gasteiger partial charge is 0.336 e. The molecular formula is C30H31N3O3. The van der Waals surface area contributed by atoms with Crippen LogP contribution in [0, 0.1) is 6.92 Å². The fourth-order valence-electron chi connectivity index (χ4n) is 4.78. The zero-order chi connectivity index (χ0) is 25.4. The second kappa shape index (κ2) is 9.26. The Labute approximate surface area is 211 Å². The predicted molar refractivity (Wildman–Crippen MR) is 143 cm³/mol. The number of imidazole rings is 1. The molecule has 184 valence electrons.